The molecule has 5 nitrogen and oxygen atoms in total. The molecule has 2 amide bonds. The van der Waals surface area contributed by atoms with Crippen LogP contribution in [0.4, 0.5) is 4.79 Å². The summed E-state index contributed by atoms with van der Waals surface area (Å²) in [4.78, 5) is 25.3. The highest BCUT2D eigenvalue weighted by atomic mass is 32.2. The largest absolute Gasteiger partial charge is 0.444 e. The summed E-state index contributed by atoms with van der Waals surface area (Å²) in [6, 6.07) is -0.438. The van der Waals surface area contributed by atoms with Gasteiger partial charge in [-0.3, -0.25) is 4.79 Å². The van der Waals surface area contributed by atoms with Gasteiger partial charge in [0, 0.05) is 11.3 Å². The van der Waals surface area contributed by atoms with Crippen molar-refractivity contribution in [2.24, 2.45) is 0 Å². The van der Waals surface area contributed by atoms with Crippen molar-refractivity contribution in [3.8, 4) is 0 Å². The van der Waals surface area contributed by atoms with Crippen LogP contribution in [0.1, 0.15) is 34.6 Å². The van der Waals surface area contributed by atoms with Gasteiger partial charge >= 0.3 is 6.09 Å². The lowest BCUT2D eigenvalue weighted by atomic mass is 10.1. The van der Waals surface area contributed by atoms with E-state index in [0.29, 0.717) is 0 Å². The Kier molecular flexibility index (Phi) is 3.04. The van der Waals surface area contributed by atoms with E-state index in [2.05, 4.69) is 19.2 Å². The molecule has 2 atom stereocenters. The Bertz CT molecular complexity index is 389. The number of rotatable bonds is 1. The number of alkyl carbamates (subject to hydrolysis) is 1. The zero-order valence-corrected chi connectivity index (χ0v) is 12.3. The van der Waals surface area contributed by atoms with Gasteiger partial charge in [0.05, 0.1) is 0 Å². The Morgan fingerprint density at radius 2 is 2.11 bits per heavy atom. The Morgan fingerprint density at radius 1 is 1.50 bits per heavy atom. The average molecular weight is 272 g/mol. The second kappa shape index (κ2) is 4.05. The Balaban J connectivity index is 1.93. The van der Waals surface area contributed by atoms with Gasteiger partial charge in [-0.1, -0.05) is 0 Å². The van der Waals surface area contributed by atoms with Crippen LogP contribution < -0.4 is 5.32 Å². The fourth-order valence-corrected chi connectivity index (χ4v) is 3.66. The molecule has 102 valence electrons. The van der Waals surface area contributed by atoms with Gasteiger partial charge in [0.25, 0.3) is 0 Å². The first-order valence-corrected chi connectivity index (χ1v) is 6.95. The number of ether oxygens (including phenoxy) is 1. The molecule has 2 saturated heterocycles. The van der Waals surface area contributed by atoms with Crippen molar-refractivity contribution in [1.29, 1.82) is 0 Å². The lowest BCUT2D eigenvalue weighted by molar-refractivity contribution is -0.145. The zero-order chi connectivity index (χ0) is 13.7. The predicted octanol–water partition coefficient (Wildman–Crippen LogP) is 1.57. The minimum Gasteiger partial charge on any atom is -0.444 e. The molecule has 0 bridgehead atoms. The molecule has 0 aromatic rings. The van der Waals surface area contributed by atoms with Crippen molar-refractivity contribution in [2.75, 3.05) is 6.54 Å². The predicted molar refractivity (Wildman–Crippen MR) is 70.3 cm³/mol. The molecule has 0 radical (unpaired) electrons. The van der Waals surface area contributed by atoms with Crippen LogP contribution in [0.2, 0.25) is 0 Å². The van der Waals surface area contributed by atoms with E-state index in [-0.39, 0.29) is 16.0 Å². The molecule has 2 heterocycles. The fourth-order valence-electron chi connectivity index (χ4n) is 2.17. The number of fused-ring (bicyclic) bond motifs is 1. The molecule has 1 N–H and O–H groups in total. The summed E-state index contributed by atoms with van der Waals surface area (Å²) >= 11 is 1.72. The van der Waals surface area contributed by atoms with E-state index in [9.17, 15) is 9.59 Å². The molecular weight excluding hydrogens is 252 g/mol. The standard InChI is InChI=1S/C12H20N2O3S/c1-11(2,3)17-10(16)13-7-8(15)14-6-12(4,5)18-9(7)14/h7,9H,6H2,1-5H3,(H,13,16). The van der Waals surface area contributed by atoms with Gasteiger partial charge in [-0.15, -0.1) is 11.8 Å². The van der Waals surface area contributed by atoms with Crippen LogP contribution in [0.15, 0.2) is 0 Å². The minimum atomic E-state index is -0.543. The van der Waals surface area contributed by atoms with Crippen LogP contribution in [0.5, 0.6) is 0 Å². The first-order chi connectivity index (χ1) is 8.09. The number of β-lactam (4-membered cyclic amide) rings is 1. The monoisotopic (exact) mass is 272 g/mol. The van der Waals surface area contributed by atoms with Crippen molar-refractivity contribution in [2.45, 2.75) is 56.4 Å². The number of nitrogens with zero attached hydrogens (tertiary/aromatic N) is 1. The van der Waals surface area contributed by atoms with Gasteiger partial charge < -0.3 is 15.0 Å². The number of nitrogens with one attached hydrogen (secondary N) is 1. The van der Waals surface area contributed by atoms with E-state index >= 15 is 0 Å². The van der Waals surface area contributed by atoms with Crippen LogP contribution in [-0.2, 0) is 9.53 Å². The van der Waals surface area contributed by atoms with Crippen LogP contribution >= 0.6 is 11.8 Å². The summed E-state index contributed by atoms with van der Waals surface area (Å²) in [5, 5.41) is 2.71. The van der Waals surface area contributed by atoms with E-state index in [1.54, 1.807) is 32.5 Å². The van der Waals surface area contributed by atoms with Gasteiger partial charge in [-0.25, -0.2) is 4.79 Å². The van der Waals surface area contributed by atoms with Crippen molar-refractivity contribution in [1.82, 2.24) is 10.2 Å². The second-order valence-corrected chi connectivity index (χ2v) is 8.18. The van der Waals surface area contributed by atoms with Gasteiger partial charge in [-0.2, -0.15) is 0 Å². The first kappa shape index (κ1) is 13.5. The maximum atomic E-state index is 11.9. The van der Waals surface area contributed by atoms with E-state index in [1.165, 1.54) is 0 Å². The molecule has 6 heteroatoms. The quantitative estimate of drug-likeness (QED) is 0.736. The molecule has 0 aromatic heterocycles. The maximum Gasteiger partial charge on any atom is 0.408 e. The van der Waals surface area contributed by atoms with Crippen LogP contribution in [0, 0.1) is 0 Å². The van der Waals surface area contributed by atoms with Crippen molar-refractivity contribution in [3.05, 3.63) is 0 Å². The SMILES string of the molecule is CC(C)(C)OC(=O)NC1C(=O)N2CC(C)(C)SC12. The number of amides is 2. The Labute approximate surface area is 112 Å². The number of carbonyl (C=O) groups excluding carboxylic acids is 2. The molecular formula is C12H20N2O3S. The summed E-state index contributed by atoms with van der Waals surface area (Å²) in [5.74, 6) is -0.0102. The highest BCUT2D eigenvalue weighted by Crippen LogP contribution is 2.46. The van der Waals surface area contributed by atoms with Gasteiger partial charge in [-0.05, 0) is 34.6 Å². The second-order valence-electron chi connectivity index (χ2n) is 6.36. The summed E-state index contributed by atoms with van der Waals surface area (Å²) in [7, 11) is 0. The van der Waals surface area contributed by atoms with E-state index in [4.69, 9.17) is 4.74 Å². The lowest BCUT2D eigenvalue weighted by Crippen LogP contribution is -2.67. The van der Waals surface area contributed by atoms with Crippen molar-refractivity contribution < 1.29 is 14.3 Å². The van der Waals surface area contributed by atoms with Gasteiger partial charge in [0.1, 0.15) is 17.0 Å². The highest BCUT2D eigenvalue weighted by Gasteiger charge is 2.56. The van der Waals surface area contributed by atoms with E-state index in [1.807, 2.05) is 4.90 Å². The van der Waals surface area contributed by atoms with Gasteiger partial charge in [0.15, 0.2) is 0 Å². The molecule has 18 heavy (non-hydrogen) atoms. The molecule has 2 unspecified atom stereocenters. The van der Waals surface area contributed by atoms with Gasteiger partial charge in [0.2, 0.25) is 5.91 Å². The summed E-state index contributed by atoms with van der Waals surface area (Å²) < 4.78 is 5.22. The molecule has 2 fully saturated rings. The minimum absolute atomic E-state index is 0.0102. The molecule has 0 aromatic carbocycles. The third-order valence-electron chi connectivity index (χ3n) is 2.80. The van der Waals surface area contributed by atoms with Crippen molar-refractivity contribution >= 4 is 23.8 Å². The smallest absolute Gasteiger partial charge is 0.408 e. The van der Waals surface area contributed by atoms with Crippen molar-refractivity contribution in [3.63, 3.8) is 0 Å². The number of thioether (sulfide) groups is 1. The molecule has 0 aliphatic carbocycles. The highest BCUT2D eigenvalue weighted by molar-refractivity contribution is 8.01. The zero-order valence-electron chi connectivity index (χ0n) is 11.4. The third-order valence-corrected chi connectivity index (χ3v) is 4.34. The lowest BCUT2D eigenvalue weighted by Gasteiger charge is -2.41. The number of carbonyl (C=O) groups is 2. The van der Waals surface area contributed by atoms with E-state index in [0.717, 1.165) is 6.54 Å². The average Bonchev–Trinajstić information content (AvgIpc) is 2.45. The topological polar surface area (TPSA) is 58.6 Å². The number of hydrogen-bond donors (Lipinski definition) is 1. The summed E-state index contributed by atoms with van der Waals surface area (Å²) in [5.41, 5.74) is -0.543. The summed E-state index contributed by atoms with van der Waals surface area (Å²) in [6.45, 7) is 10.4. The van der Waals surface area contributed by atoms with Crippen LogP contribution in [-0.4, -0.2) is 45.2 Å². The maximum absolute atomic E-state index is 11.9. The molecule has 0 saturated carbocycles. The first-order valence-electron chi connectivity index (χ1n) is 6.07. The molecule has 2 aliphatic rings. The van der Waals surface area contributed by atoms with E-state index < -0.39 is 17.7 Å². The van der Waals surface area contributed by atoms with Crippen LogP contribution in [0.25, 0.3) is 0 Å². The Morgan fingerprint density at radius 3 is 2.67 bits per heavy atom. The molecule has 2 aliphatic heterocycles. The molecule has 2 rings (SSSR count). The Hall–Kier alpha value is -0.910. The number of hydrogen-bond acceptors (Lipinski definition) is 4. The fraction of sp³-hybridized carbons (Fsp3) is 0.833. The normalized spacial score (nSPS) is 29.6. The summed E-state index contributed by atoms with van der Waals surface area (Å²) in [6.07, 6.45) is -0.522. The third kappa shape index (κ3) is 2.58. The molecule has 0 spiro atoms. The van der Waals surface area contributed by atoms with Crippen LogP contribution in [0.3, 0.4) is 0 Å².